The van der Waals surface area contributed by atoms with Gasteiger partial charge in [-0.1, -0.05) is 6.08 Å². The maximum Gasteiger partial charge on any atom is 0.141 e. The van der Waals surface area contributed by atoms with E-state index in [-0.39, 0.29) is 6.10 Å². The van der Waals surface area contributed by atoms with Crippen LogP contribution in [-0.4, -0.2) is 22.7 Å². The lowest BCUT2D eigenvalue weighted by Gasteiger charge is -2.19. The molecule has 4 heteroatoms. The van der Waals surface area contributed by atoms with E-state index in [9.17, 15) is 0 Å². The molecule has 1 aromatic rings. The van der Waals surface area contributed by atoms with E-state index in [0.29, 0.717) is 12.4 Å². The first-order valence-corrected chi connectivity index (χ1v) is 4.64. The molecule has 0 aromatic carbocycles. The molecule has 0 bridgehead atoms. The van der Waals surface area contributed by atoms with E-state index in [2.05, 4.69) is 16.9 Å². The van der Waals surface area contributed by atoms with Crippen LogP contribution in [0.15, 0.2) is 18.5 Å². The van der Waals surface area contributed by atoms with Gasteiger partial charge in [0.2, 0.25) is 0 Å². The Labute approximate surface area is 82.8 Å². The summed E-state index contributed by atoms with van der Waals surface area (Å²) >= 11 is 0. The lowest BCUT2D eigenvalue weighted by atomic mass is 10.0. The summed E-state index contributed by atoms with van der Waals surface area (Å²) in [6, 6.07) is 0. The number of aromatic nitrogens is 2. The summed E-state index contributed by atoms with van der Waals surface area (Å²) in [7, 11) is 0. The zero-order valence-corrected chi connectivity index (χ0v) is 8.10. The van der Waals surface area contributed by atoms with Crippen LogP contribution in [0.5, 0.6) is 0 Å². The van der Waals surface area contributed by atoms with Crippen LogP contribution in [-0.2, 0) is 4.74 Å². The molecule has 0 aliphatic carbocycles. The van der Waals surface area contributed by atoms with Gasteiger partial charge in [0.05, 0.1) is 30.8 Å². The molecule has 14 heavy (non-hydrogen) atoms. The Balaban J connectivity index is 2.22. The molecule has 2 rings (SSSR count). The monoisotopic (exact) mass is 191 g/mol. The van der Waals surface area contributed by atoms with Crippen molar-refractivity contribution in [2.24, 2.45) is 0 Å². The number of rotatable bonds is 1. The summed E-state index contributed by atoms with van der Waals surface area (Å²) in [4.78, 5) is 8.24. The first-order valence-electron chi connectivity index (χ1n) is 4.64. The second kappa shape index (κ2) is 3.75. The van der Waals surface area contributed by atoms with E-state index in [1.807, 2.05) is 6.08 Å². The van der Waals surface area contributed by atoms with Gasteiger partial charge in [-0.25, -0.2) is 4.98 Å². The van der Waals surface area contributed by atoms with Gasteiger partial charge < -0.3 is 10.5 Å². The van der Waals surface area contributed by atoms with Crippen molar-refractivity contribution in [1.82, 2.24) is 9.97 Å². The summed E-state index contributed by atoms with van der Waals surface area (Å²) in [6.45, 7) is 2.71. The van der Waals surface area contributed by atoms with Gasteiger partial charge in [-0.3, -0.25) is 4.98 Å². The molecule has 2 N–H and O–H groups in total. The molecular weight excluding hydrogens is 178 g/mol. The highest BCUT2D eigenvalue weighted by Crippen LogP contribution is 2.22. The molecule has 0 spiro atoms. The fraction of sp³-hybridized carbons (Fsp3) is 0.400. The zero-order valence-electron chi connectivity index (χ0n) is 8.10. The van der Waals surface area contributed by atoms with E-state index in [1.165, 1.54) is 5.57 Å². The van der Waals surface area contributed by atoms with Crippen molar-refractivity contribution < 1.29 is 4.74 Å². The number of anilines is 1. The van der Waals surface area contributed by atoms with Crippen molar-refractivity contribution in [2.75, 3.05) is 12.3 Å². The summed E-state index contributed by atoms with van der Waals surface area (Å²) in [5.41, 5.74) is 7.55. The molecule has 0 saturated carbocycles. The second-order valence-corrected chi connectivity index (χ2v) is 3.40. The minimum absolute atomic E-state index is 0.259. The van der Waals surface area contributed by atoms with Gasteiger partial charge in [0, 0.05) is 6.42 Å². The van der Waals surface area contributed by atoms with Gasteiger partial charge in [0.25, 0.3) is 0 Å². The average molecular weight is 191 g/mol. The lowest BCUT2D eigenvalue weighted by molar-refractivity contribution is 0.0850. The molecule has 0 radical (unpaired) electrons. The molecule has 4 nitrogen and oxygen atoms in total. The molecule has 2 heterocycles. The van der Waals surface area contributed by atoms with E-state index in [0.717, 1.165) is 12.1 Å². The van der Waals surface area contributed by atoms with E-state index >= 15 is 0 Å². The Hall–Kier alpha value is -1.42. The van der Waals surface area contributed by atoms with Crippen LogP contribution in [0.1, 0.15) is 19.0 Å². The van der Waals surface area contributed by atoms with Crippen LogP contribution in [0.2, 0.25) is 0 Å². The Kier molecular flexibility index (Phi) is 2.45. The minimum atomic E-state index is 0.259. The van der Waals surface area contributed by atoms with Gasteiger partial charge in [-0.15, -0.1) is 0 Å². The largest absolute Gasteiger partial charge is 0.382 e. The first-order chi connectivity index (χ1) is 6.75. The van der Waals surface area contributed by atoms with Crippen molar-refractivity contribution in [3.05, 3.63) is 24.2 Å². The van der Waals surface area contributed by atoms with Crippen molar-refractivity contribution in [2.45, 2.75) is 19.4 Å². The quantitative estimate of drug-likeness (QED) is 0.725. The highest BCUT2D eigenvalue weighted by molar-refractivity contribution is 5.63. The number of nitrogens with zero attached hydrogens (tertiary/aromatic N) is 2. The van der Waals surface area contributed by atoms with Crippen LogP contribution >= 0.6 is 0 Å². The maximum absolute atomic E-state index is 5.47. The third kappa shape index (κ3) is 1.90. The Morgan fingerprint density at radius 3 is 2.93 bits per heavy atom. The van der Waals surface area contributed by atoms with Gasteiger partial charge in [-0.05, 0) is 12.5 Å². The number of nitrogens with two attached hydrogens (primary N) is 1. The van der Waals surface area contributed by atoms with Crippen LogP contribution < -0.4 is 5.73 Å². The number of nitrogen functional groups attached to an aromatic ring is 1. The topological polar surface area (TPSA) is 61.0 Å². The molecule has 74 valence electrons. The third-order valence-corrected chi connectivity index (χ3v) is 2.22. The molecular formula is C10H13N3O. The molecule has 1 aliphatic heterocycles. The fourth-order valence-electron chi connectivity index (χ4n) is 1.48. The minimum Gasteiger partial charge on any atom is -0.382 e. The predicted octanol–water partition coefficient (Wildman–Crippen LogP) is 1.25. The SMILES string of the molecule is C[C@@H]1CC(c2cnc(N)cn2)=CCO1. The van der Waals surface area contributed by atoms with Gasteiger partial charge in [-0.2, -0.15) is 0 Å². The summed E-state index contributed by atoms with van der Waals surface area (Å²) < 4.78 is 5.40. The van der Waals surface area contributed by atoms with Gasteiger partial charge >= 0.3 is 0 Å². The van der Waals surface area contributed by atoms with Gasteiger partial charge in [0.15, 0.2) is 0 Å². The highest BCUT2D eigenvalue weighted by Gasteiger charge is 2.13. The Morgan fingerprint density at radius 2 is 2.29 bits per heavy atom. The summed E-state index contributed by atoms with van der Waals surface area (Å²) in [5, 5.41) is 0. The molecule has 1 atom stereocenters. The van der Waals surface area contributed by atoms with Gasteiger partial charge in [0.1, 0.15) is 5.82 Å². The fourth-order valence-corrected chi connectivity index (χ4v) is 1.48. The van der Waals surface area contributed by atoms with Crippen molar-refractivity contribution >= 4 is 11.4 Å². The highest BCUT2D eigenvalue weighted by atomic mass is 16.5. The van der Waals surface area contributed by atoms with Crippen molar-refractivity contribution in [3.8, 4) is 0 Å². The number of hydrogen-bond acceptors (Lipinski definition) is 4. The van der Waals surface area contributed by atoms with Crippen molar-refractivity contribution in [3.63, 3.8) is 0 Å². The van der Waals surface area contributed by atoms with E-state index in [1.54, 1.807) is 12.4 Å². The predicted molar refractivity (Wildman–Crippen MR) is 54.5 cm³/mol. The Bertz CT molecular complexity index is 345. The average Bonchev–Trinajstić information content (AvgIpc) is 2.19. The molecule has 1 aliphatic rings. The summed E-state index contributed by atoms with van der Waals surface area (Å²) in [6.07, 6.45) is 6.48. The first kappa shape index (κ1) is 9.15. The summed E-state index contributed by atoms with van der Waals surface area (Å²) in [5.74, 6) is 0.453. The maximum atomic E-state index is 5.47. The number of ether oxygens (including phenoxy) is 1. The standard InChI is InChI=1S/C10H13N3O/c1-7-4-8(2-3-14-7)9-5-13-10(11)6-12-9/h2,5-7H,3-4H2,1H3,(H2,11,13)/t7-/m1/s1. The van der Waals surface area contributed by atoms with E-state index in [4.69, 9.17) is 10.5 Å². The van der Waals surface area contributed by atoms with Crippen LogP contribution in [0, 0.1) is 0 Å². The second-order valence-electron chi connectivity index (χ2n) is 3.40. The molecule has 0 unspecified atom stereocenters. The Morgan fingerprint density at radius 1 is 1.43 bits per heavy atom. The number of hydrogen-bond donors (Lipinski definition) is 1. The van der Waals surface area contributed by atoms with Crippen LogP contribution in [0.3, 0.4) is 0 Å². The third-order valence-electron chi connectivity index (χ3n) is 2.22. The van der Waals surface area contributed by atoms with Crippen LogP contribution in [0.4, 0.5) is 5.82 Å². The molecule has 1 aromatic heterocycles. The molecule has 0 amide bonds. The lowest BCUT2D eigenvalue weighted by Crippen LogP contribution is -2.14. The smallest absolute Gasteiger partial charge is 0.141 e. The molecule has 0 saturated heterocycles. The van der Waals surface area contributed by atoms with E-state index < -0.39 is 0 Å². The zero-order chi connectivity index (χ0) is 9.97. The van der Waals surface area contributed by atoms with Crippen LogP contribution in [0.25, 0.3) is 5.57 Å². The normalized spacial score (nSPS) is 21.8. The van der Waals surface area contributed by atoms with Crippen molar-refractivity contribution in [1.29, 1.82) is 0 Å². The molecule has 0 fully saturated rings.